The minimum atomic E-state index is -0.769. The summed E-state index contributed by atoms with van der Waals surface area (Å²) in [6.45, 7) is 3.37. The van der Waals surface area contributed by atoms with Crippen molar-refractivity contribution in [1.82, 2.24) is 15.1 Å². The molecule has 8 heteroatoms. The summed E-state index contributed by atoms with van der Waals surface area (Å²) in [5.74, 6) is -1.54. The molecule has 0 aliphatic carbocycles. The number of nitrogens with zero attached hydrogens (tertiary/aromatic N) is 2. The van der Waals surface area contributed by atoms with E-state index in [9.17, 15) is 14.4 Å². The Morgan fingerprint density at radius 2 is 1.89 bits per heavy atom. The number of hydrogen-bond acceptors (Lipinski definition) is 6. The molecule has 0 bridgehead atoms. The largest absolute Gasteiger partial charge is 0.467 e. The number of carbonyl (C=O) groups is 3. The van der Waals surface area contributed by atoms with E-state index < -0.39 is 30.5 Å². The SMILES string of the molecule is COC(=O)[C@H](CC(C)C)NC(=O)COC(=O)c1ccc(-n2cccn2)cc1. The van der Waals surface area contributed by atoms with E-state index in [0.29, 0.717) is 12.0 Å². The number of esters is 2. The third kappa shape index (κ3) is 5.95. The molecule has 0 saturated heterocycles. The standard InChI is InChI=1S/C19H23N3O5/c1-13(2)11-16(19(25)26-3)21-17(23)12-27-18(24)14-5-7-15(8-6-14)22-10-4-9-20-22/h4-10,13,16H,11-12H2,1-3H3,(H,21,23)/t16-/m0/s1. The maximum atomic E-state index is 12.1. The van der Waals surface area contributed by atoms with Gasteiger partial charge in [0.2, 0.25) is 0 Å². The maximum absolute atomic E-state index is 12.1. The van der Waals surface area contributed by atoms with Crippen LogP contribution in [0.1, 0.15) is 30.6 Å². The van der Waals surface area contributed by atoms with Crippen LogP contribution in [0.3, 0.4) is 0 Å². The Hall–Kier alpha value is -3.16. The van der Waals surface area contributed by atoms with Crippen LogP contribution in [0, 0.1) is 5.92 Å². The first-order chi connectivity index (χ1) is 12.9. The first-order valence-electron chi connectivity index (χ1n) is 8.55. The van der Waals surface area contributed by atoms with Gasteiger partial charge in [-0.2, -0.15) is 5.10 Å². The highest BCUT2D eigenvalue weighted by Crippen LogP contribution is 2.10. The fourth-order valence-electron chi connectivity index (χ4n) is 2.45. The molecule has 1 aromatic heterocycles. The molecule has 0 aliphatic rings. The lowest BCUT2D eigenvalue weighted by molar-refractivity contribution is -0.145. The van der Waals surface area contributed by atoms with Crippen LogP contribution in [0.4, 0.5) is 0 Å². The van der Waals surface area contributed by atoms with Gasteiger partial charge in [-0.05, 0) is 42.7 Å². The summed E-state index contributed by atoms with van der Waals surface area (Å²) in [5, 5.41) is 6.63. The predicted molar refractivity (Wildman–Crippen MR) is 97.2 cm³/mol. The van der Waals surface area contributed by atoms with Gasteiger partial charge in [0, 0.05) is 12.4 Å². The molecule has 1 amide bonds. The van der Waals surface area contributed by atoms with Gasteiger partial charge in [0.05, 0.1) is 18.4 Å². The molecule has 0 fully saturated rings. The summed E-state index contributed by atoms with van der Waals surface area (Å²) in [5.41, 5.74) is 1.11. The van der Waals surface area contributed by atoms with Gasteiger partial charge in [0.25, 0.3) is 5.91 Å². The van der Waals surface area contributed by atoms with Crippen LogP contribution in [0.2, 0.25) is 0 Å². The number of aromatic nitrogens is 2. The lowest BCUT2D eigenvalue weighted by Gasteiger charge is -2.18. The second-order valence-corrected chi connectivity index (χ2v) is 6.35. The van der Waals surface area contributed by atoms with Gasteiger partial charge >= 0.3 is 11.9 Å². The zero-order valence-corrected chi connectivity index (χ0v) is 15.5. The Kier molecular flexibility index (Phi) is 7.10. The van der Waals surface area contributed by atoms with Gasteiger partial charge < -0.3 is 14.8 Å². The molecule has 27 heavy (non-hydrogen) atoms. The van der Waals surface area contributed by atoms with Crippen molar-refractivity contribution in [2.75, 3.05) is 13.7 Å². The molecule has 1 heterocycles. The van der Waals surface area contributed by atoms with Gasteiger partial charge in [-0.15, -0.1) is 0 Å². The van der Waals surface area contributed by atoms with Gasteiger partial charge in [-0.25, -0.2) is 14.3 Å². The van der Waals surface area contributed by atoms with Gasteiger partial charge in [0.15, 0.2) is 6.61 Å². The molecule has 0 radical (unpaired) electrons. The number of ether oxygens (including phenoxy) is 2. The van der Waals surface area contributed by atoms with E-state index in [1.54, 1.807) is 47.4 Å². The van der Waals surface area contributed by atoms with Crippen LogP contribution < -0.4 is 5.32 Å². The first-order valence-corrected chi connectivity index (χ1v) is 8.55. The average Bonchev–Trinajstić information content (AvgIpc) is 3.19. The molecule has 2 rings (SSSR count). The zero-order chi connectivity index (χ0) is 19.8. The van der Waals surface area contributed by atoms with E-state index in [1.807, 2.05) is 13.8 Å². The number of methoxy groups -OCH3 is 1. The van der Waals surface area contributed by atoms with Crippen molar-refractivity contribution in [3.63, 3.8) is 0 Å². The number of rotatable bonds is 8. The minimum absolute atomic E-state index is 0.185. The van der Waals surface area contributed by atoms with Crippen LogP contribution in [0.25, 0.3) is 5.69 Å². The summed E-state index contributed by atoms with van der Waals surface area (Å²) in [6, 6.07) is 7.65. The third-order valence-electron chi connectivity index (χ3n) is 3.73. The van der Waals surface area contributed by atoms with Crippen LogP contribution in [-0.4, -0.2) is 47.4 Å². The summed E-state index contributed by atoms with van der Waals surface area (Å²) in [7, 11) is 1.26. The average molecular weight is 373 g/mol. The normalized spacial score (nSPS) is 11.7. The topological polar surface area (TPSA) is 99.5 Å². The molecule has 0 saturated carbocycles. The second kappa shape index (κ2) is 9.51. The van der Waals surface area contributed by atoms with E-state index in [4.69, 9.17) is 4.74 Å². The molecule has 0 aliphatic heterocycles. The predicted octanol–water partition coefficient (Wildman–Crippen LogP) is 1.73. The molecule has 2 aromatic rings. The number of carbonyl (C=O) groups excluding carboxylic acids is 3. The highest BCUT2D eigenvalue weighted by molar-refractivity contribution is 5.92. The van der Waals surface area contributed by atoms with E-state index >= 15 is 0 Å². The number of amides is 1. The van der Waals surface area contributed by atoms with Crippen LogP contribution in [0.5, 0.6) is 0 Å². The molecular weight excluding hydrogens is 350 g/mol. The molecule has 8 nitrogen and oxygen atoms in total. The highest BCUT2D eigenvalue weighted by atomic mass is 16.5. The molecule has 1 aromatic carbocycles. The number of nitrogens with one attached hydrogen (secondary N) is 1. The molecule has 0 spiro atoms. The first kappa shape index (κ1) is 20.2. The molecule has 1 N–H and O–H groups in total. The Morgan fingerprint density at radius 1 is 1.19 bits per heavy atom. The van der Waals surface area contributed by atoms with Gasteiger partial charge in [-0.1, -0.05) is 13.8 Å². The van der Waals surface area contributed by atoms with Crippen molar-refractivity contribution in [2.45, 2.75) is 26.3 Å². The van der Waals surface area contributed by atoms with Crippen molar-refractivity contribution < 1.29 is 23.9 Å². The molecular formula is C19H23N3O5. The Morgan fingerprint density at radius 3 is 2.44 bits per heavy atom. The quantitative estimate of drug-likeness (QED) is 0.708. The maximum Gasteiger partial charge on any atom is 0.338 e. The fourth-order valence-corrected chi connectivity index (χ4v) is 2.45. The molecule has 1 atom stereocenters. The van der Waals surface area contributed by atoms with Crippen molar-refractivity contribution in [3.05, 3.63) is 48.3 Å². The zero-order valence-electron chi connectivity index (χ0n) is 15.5. The summed E-state index contributed by atoms with van der Waals surface area (Å²) < 4.78 is 11.4. The smallest absolute Gasteiger partial charge is 0.338 e. The van der Waals surface area contributed by atoms with Crippen molar-refractivity contribution in [3.8, 4) is 5.69 Å². The van der Waals surface area contributed by atoms with Crippen molar-refractivity contribution >= 4 is 17.8 Å². The summed E-state index contributed by atoms with van der Waals surface area (Å²) in [4.78, 5) is 35.8. The summed E-state index contributed by atoms with van der Waals surface area (Å²) in [6.07, 6.45) is 3.87. The minimum Gasteiger partial charge on any atom is -0.467 e. The second-order valence-electron chi connectivity index (χ2n) is 6.35. The fraction of sp³-hybridized carbons (Fsp3) is 0.368. The van der Waals surface area contributed by atoms with Crippen molar-refractivity contribution in [1.29, 1.82) is 0 Å². The summed E-state index contributed by atoms with van der Waals surface area (Å²) >= 11 is 0. The van der Waals surface area contributed by atoms with Gasteiger partial charge in [-0.3, -0.25) is 4.79 Å². The monoisotopic (exact) mass is 373 g/mol. The molecule has 144 valence electrons. The highest BCUT2D eigenvalue weighted by Gasteiger charge is 2.23. The lowest BCUT2D eigenvalue weighted by Crippen LogP contribution is -2.44. The van der Waals surface area contributed by atoms with Crippen LogP contribution >= 0.6 is 0 Å². The van der Waals surface area contributed by atoms with E-state index in [2.05, 4.69) is 15.2 Å². The lowest BCUT2D eigenvalue weighted by atomic mass is 10.0. The van der Waals surface area contributed by atoms with Crippen LogP contribution in [-0.2, 0) is 19.1 Å². The Labute approximate surface area is 157 Å². The number of hydrogen-bond donors (Lipinski definition) is 1. The number of benzene rings is 1. The van der Waals surface area contributed by atoms with E-state index in [1.165, 1.54) is 7.11 Å². The van der Waals surface area contributed by atoms with Crippen molar-refractivity contribution in [2.24, 2.45) is 5.92 Å². The third-order valence-corrected chi connectivity index (χ3v) is 3.73. The molecule has 0 unspecified atom stereocenters. The van der Waals surface area contributed by atoms with Gasteiger partial charge in [0.1, 0.15) is 6.04 Å². The van der Waals surface area contributed by atoms with E-state index in [-0.39, 0.29) is 5.92 Å². The Balaban J connectivity index is 1.88. The Bertz CT molecular complexity index is 769. The van der Waals surface area contributed by atoms with E-state index in [0.717, 1.165) is 5.69 Å². The van der Waals surface area contributed by atoms with Crippen LogP contribution in [0.15, 0.2) is 42.7 Å².